The molecule has 2 aromatic rings. The molecule has 92 valence electrons. The van der Waals surface area contributed by atoms with Gasteiger partial charge in [-0.25, -0.2) is 0 Å². The van der Waals surface area contributed by atoms with Gasteiger partial charge in [-0.2, -0.15) is 0 Å². The fraction of sp³-hybridized carbons (Fsp3) is 0.133. The van der Waals surface area contributed by atoms with Crippen molar-refractivity contribution in [3.05, 3.63) is 57.6 Å². The summed E-state index contributed by atoms with van der Waals surface area (Å²) in [5.74, 6) is 1.33. The Morgan fingerprint density at radius 3 is 2.50 bits per heavy atom. The van der Waals surface area contributed by atoms with E-state index in [4.69, 9.17) is 4.74 Å². The van der Waals surface area contributed by atoms with Crippen molar-refractivity contribution < 1.29 is 9.53 Å². The summed E-state index contributed by atoms with van der Waals surface area (Å²) in [5.41, 5.74) is 2.77. The number of carbonyl (C=O) groups excluding carboxylic acids is 1. The topological polar surface area (TPSA) is 26.3 Å². The van der Waals surface area contributed by atoms with Crippen molar-refractivity contribution in [3.8, 4) is 11.5 Å². The summed E-state index contributed by atoms with van der Waals surface area (Å²) in [4.78, 5) is 11.0. The van der Waals surface area contributed by atoms with Gasteiger partial charge in [-0.3, -0.25) is 4.79 Å². The molecule has 2 nitrogen and oxygen atoms in total. The molecule has 0 amide bonds. The molecular weight excluding hydrogens is 292 g/mol. The summed E-state index contributed by atoms with van der Waals surface area (Å²) in [7, 11) is 0. The number of rotatable bonds is 3. The van der Waals surface area contributed by atoms with E-state index in [2.05, 4.69) is 15.9 Å². The number of carbonyl (C=O) groups is 1. The Hall–Kier alpha value is -1.61. The van der Waals surface area contributed by atoms with Gasteiger partial charge in [0.05, 0.1) is 5.56 Å². The average Bonchev–Trinajstić information content (AvgIpc) is 2.33. The van der Waals surface area contributed by atoms with Gasteiger partial charge in [0.25, 0.3) is 0 Å². The second kappa shape index (κ2) is 5.36. The van der Waals surface area contributed by atoms with E-state index in [9.17, 15) is 4.79 Å². The summed E-state index contributed by atoms with van der Waals surface area (Å²) < 4.78 is 6.69. The zero-order valence-electron chi connectivity index (χ0n) is 10.2. The zero-order chi connectivity index (χ0) is 13.1. The highest BCUT2D eigenvalue weighted by Gasteiger charge is 2.07. The summed E-state index contributed by atoms with van der Waals surface area (Å²) in [6.07, 6.45) is 0.797. The van der Waals surface area contributed by atoms with Crippen LogP contribution in [0.1, 0.15) is 21.5 Å². The van der Waals surface area contributed by atoms with Crippen LogP contribution in [0.2, 0.25) is 0 Å². The molecule has 0 aliphatic carbocycles. The Morgan fingerprint density at radius 2 is 1.83 bits per heavy atom. The number of benzene rings is 2. The van der Waals surface area contributed by atoms with E-state index in [0.717, 1.165) is 22.1 Å². The molecule has 3 heteroatoms. The van der Waals surface area contributed by atoms with Crippen LogP contribution in [0.5, 0.6) is 11.5 Å². The number of ether oxygens (including phenoxy) is 1. The molecule has 0 aliphatic rings. The highest BCUT2D eigenvalue weighted by Crippen LogP contribution is 2.30. The van der Waals surface area contributed by atoms with Gasteiger partial charge in [0.2, 0.25) is 0 Å². The fourth-order valence-corrected chi connectivity index (χ4v) is 2.07. The SMILES string of the molecule is Cc1ccc(Oc2cc(Br)ccc2C=O)c(C)c1. The van der Waals surface area contributed by atoms with Gasteiger partial charge < -0.3 is 4.74 Å². The van der Waals surface area contributed by atoms with Gasteiger partial charge in [-0.15, -0.1) is 0 Å². The number of hydrogen-bond acceptors (Lipinski definition) is 2. The molecule has 2 rings (SSSR count). The lowest BCUT2D eigenvalue weighted by Crippen LogP contribution is -1.92. The molecule has 0 aliphatic heterocycles. The smallest absolute Gasteiger partial charge is 0.153 e. The van der Waals surface area contributed by atoms with Gasteiger partial charge in [0, 0.05) is 4.47 Å². The van der Waals surface area contributed by atoms with E-state index in [1.165, 1.54) is 5.56 Å². The third-order valence-electron chi connectivity index (χ3n) is 2.65. The molecule has 0 bridgehead atoms. The molecule has 2 aromatic carbocycles. The predicted molar refractivity (Wildman–Crippen MR) is 75.5 cm³/mol. The predicted octanol–water partition coefficient (Wildman–Crippen LogP) is 4.67. The molecule has 0 fully saturated rings. The summed E-state index contributed by atoms with van der Waals surface area (Å²) in [6.45, 7) is 4.02. The molecule has 0 saturated carbocycles. The average molecular weight is 305 g/mol. The van der Waals surface area contributed by atoms with Crippen LogP contribution >= 0.6 is 15.9 Å². The minimum atomic E-state index is 0.540. The molecule has 0 atom stereocenters. The van der Waals surface area contributed by atoms with E-state index >= 15 is 0 Å². The van der Waals surface area contributed by atoms with Crippen LogP contribution in [0, 0.1) is 13.8 Å². The Labute approximate surface area is 115 Å². The second-order valence-corrected chi connectivity index (χ2v) is 5.09. The van der Waals surface area contributed by atoms with Gasteiger partial charge in [0.1, 0.15) is 11.5 Å². The quantitative estimate of drug-likeness (QED) is 0.770. The van der Waals surface area contributed by atoms with Crippen LogP contribution in [0.4, 0.5) is 0 Å². The third-order valence-corrected chi connectivity index (χ3v) is 3.15. The van der Waals surface area contributed by atoms with Crippen LogP contribution in [0.3, 0.4) is 0 Å². The first kappa shape index (κ1) is 12.8. The second-order valence-electron chi connectivity index (χ2n) is 4.17. The Morgan fingerprint density at radius 1 is 1.06 bits per heavy atom. The Balaban J connectivity index is 2.39. The van der Waals surface area contributed by atoms with E-state index in [1.807, 2.05) is 38.1 Å². The molecule has 0 radical (unpaired) electrons. The van der Waals surface area contributed by atoms with Crippen LogP contribution in [-0.2, 0) is 0 Å². The highest BCUT2D eigenvalue weighted by molar-refractivity contribution is 9.10. The largest absolute Gasteiger partial charge is 0.456 e. The number of hydrogen-bond donors (Lipinski definition) is 0. The van der Waals surface area contributed by atoms with Crippen LogP contribution in [0.25, 0.3) is 0 Å². The molecule has 0 spiro atoms. The molecule has 0 heterocycles. The van der Waals surface area contributed by atoms with Crippen LogP contribution < -0.4 is 4.74 Å². The monoisotopic (exact) mass is 304 g/mol. The first-order valence-corrected chi connectivity index (χ1v) is 6.39. The maximum atomic E-state index is 11.0. The van der Waals surface area contributed by atoms with Gasteiger partial charge in [-0.05, 0) is 43.7 Å². The molecular formula is C15H13BrO2. The van der Waals surface area contributed by atoms with Gasteiger partial charge in [-0.1, -0.05) is 33.6 Å². The molecule has 0 unspecified atom stereocenters. The molecule has 0 saturated heterocycles. The number of halogens is 1. The van der Waals surface area contributed by atoms with Gasteiger partial charge in [0.15, 0.2) is 6.29 Å². The van der Waals surface area contributed by atoms with E-state index < -0.39 is 0 Å². The fourth-order valence-electron chi connectivity index (χ4n) is 1.73. The van der Waals surface area contributed by atoms with Crippen molar-refractivity contribution in [1.82, 2.24) is 0 Å². The van der Waals surface area contributed by atoms with Crippen molar-refractivity contribution in [3.63, 3.8) is 0 Å². The maximum absolute atomic E-state index is 11.0. The Kier molecular flexibility index (Phi) is 3.82. The van der Waals surface area contributed by atoms with Crippen molar-refractivity contribution in [1.29, 1.82) is 0 Å². The van der Waals surface area contributed by atoms with Crippen molar-refractivity contribution in [2.24, 2.45) is 0 Å². The summed E-state index contributed by atoms with van der Waals surface area (Å²) in [6, 6.07) is 11.3. The minimum absolute atomic E-state index is 0.540. The molecule has 0 N–H and O–H groups in total. The molecule has 18 heavy (non-hydrogen) atoms. The minimum Gasteiger partial charge on any atom is -0.456 e. The van der Waals surface area contributed by atoms with Crippen LogP contribution in [-0.4, -0.2) is 6.29 Å². The lowest BCUT2D eigenvalue weighted by atomic mass is 10.1. The van der Waals surface area contributed by atoms with Crippen molar-refractivity contribution >= 4 is 22.2 Å². The van der Waals surface area contributed by atoms with Gasteiger partial charge >= 0.3 is 0 Å². The third kappa shape index (κ3) is 2.79. The summed E-state index contributed by atoms with van der Waals surface area (Å²) >= 11 is 3.37. The van der Waals surface area contributed by atoms with Crippen molar-refractivity contribution in [2.45, 2.75) is 13.8 Å². The van der Waals surface area contributed by atoms with Crippen molar-refractivity contribution in [2.75, 3.05) is 0 Å². The first-order valence-electron chi connectivity index (χ1n) is 5.60. The van der Waals surface area contributed by atoms with E-state index in [1.54, 1.807) is 12.1 Å². The maximum Gasteiger partial charge on any atom is 0.153 e. The zero-order valence-corrected chi connectivity index (χ0v) is 11.8. The lowest BCUT2D eigenvalue weighted by molar-refractivity contribution is 0.112. The number of aryl methyl sites for hydroxylation is 2. The summed E-state index contributed by atoms with van der Waals surface area (Å²) in [5, 5.41) is 0. The number of aldehydes is 1. The van der Waals surface area contributed by atoms with E-state index in [-0.39, 0.29) is 0 Å². The van der Waals surface area contributed by atoms with E-state index in [0.29, 0.717) is 11.3 Å². The first-order chi connectivity index (χ1) is 8.60. The highest BCUT2D eigenvalue weighted by atomic mass is 79.9. The Bertz CT molecular complexity index is 591. The standard InChI is InChI=1S/C15H13BrO2/c1-10-3-6-14(11(2)7-10)18-15-8-13(16)5-4-12(15)9-17/h3-9H,1-2H3. The van der Waals surface area contributed by atoms with Crippen LogP contribution in [0.15, 0.2) is 40.9 Å². The molecule has 0 aromatic heterocycles. The lowest BCUT2D eigenvalue weighted by Gasteiger charge is -2.11. The normalized spacial score (nSPS) is 10.2.